The minimum atomic E-state index is -4.09. The van der Waals surface area contributed by atoms with Crippen LogP contribution in [0.25, 0.3) is 10.9 Å². The van der Waals surface area contributed by atoms with Gasteiger partial charge in [0.05, 0.1) is 5.92 Å². The van der Waals surface area contributed by atoms with Crippen molar-refractivity contribution < 1.29 is 17.6 Å². The quantitative estimate of drug-likeness (QED) is 0.422. The summed E-state index contributed by atoms with van der Waals surface area (Å²) in [5.74, 6) is -0.882. The lowest BCUT2D eigenvalue weighted by molar-refractivity contribution is -0.182. The van der Waals surface area contributed by atoms with Crippen LogP contribution in [0.5, 0.6) is 0 Å². The molecule has 1 aliphatic carbocycles. The maximum Gasteiger partial charge on any atom is 0.391 e. The Morgan fingerprint density at radius 3 is 2.63 bits per heavy atom. The number of rotatable bonds is 4. The maximum absolute atomic E-state index is 13.4. The minimum Gasteiger partial charge on any atom is -0.361 e. The van der Waals surface area contributed by atoms with Gasteiger partial charge in [-0.2, -0.15) is 13.2 Å². The second-order valence-corrected chi connectivity index (χ2v) is 6.99. The first-order valence-electron chi connectivity index (χ1n) is 9.16. The number of hydrogen-bond acceptors (Lipinski definition) is 1. The number of benzene rings is 1. The molecule has 1 aromatic heterocycles. The molecule has 4 nitrogen and oxygen atoms in total. The fourth-order valence-electron chi connectivity index (χ4n) is 3.63. The molecule has 8 heteroatoms. The summed E-state index contributed by atoms with van der Waals surface area (Å²) < 4.78 is 51.7. The highest BCUT2D eigenvalue weighted by Gasteiger charge is 2.41. The Labute approximate surface area is 155 Å². The zero-order chi connectivity index (χ0) is 19.4. The van der Waals surface area contributed by atoms with Crippen molar-refractivity contribution in [2.45, 2.75) is 44.3 Å². The third-order valence-electron chi connectivity index (χ3n) is 5.17. The van der Waals surface area contributed by atoms with Crippen LogP contribution < -0.4 is 10.6 Å². The summed E-state index contributed by atoms with van der Waals surface area (Å²) in [4.78, 5) is 7.27. The highest BCUT2D eigenvalue weighted by molar-refractivity contribution is 5.83. The van der Waals surface area contributed by atoms with Crippen molar-refractivity contribution in [3.05, 3.63) is 35.8 Å². The van der Waals surface area contributed by atoms with E-state index in [1.807, 2.05) is 6.20 Å². The molecule has 27 heavy (non-hydrogen) atoms. The van der Waals surface area contributed by atoms with E-state index >= 15 is 0 Å². The van der Waals surface area contributed by atoms with E-state index in [0.717, 1.165) is 16.5 Å². The number of hydrogen-bond donors (Lipinski definition) is 3. The molecule has 3 N–H and O–H groups in total. The second-order valence-electron chi connectivity index (χ2n) is 6.99. The average molecular weight is 384 g/mol. The maximum atomic E-state index is 13.4. The Balaban J connectivity index is 1.48. The summed E-state index contributed by atoms with van der Waals surface area (Å²) in [5.41, 5.74) is 1.88. The predicted molar refractivity (Wildman–Crippen MR) is 98.3 cm³/mol. The molecule has 0 bridgehead atoms. The molecule has 0 spiro atoms. The first kappa shape index (κ1) is 19.5. The molecule has 1 heterocycles. The Hall–Kier alpha value is -2.25. The Bertz CT molecular complexity index is 789. The largest absolute Gasteiger partial charge is 0.391 e. The van der Waals surface area contributed by atoms with Crippen LogP contribution in [0.15, 0.2) is 29.4 Å². The summed E-state index contributed by atoms with van der Waals surface area (Å²) in [7, 11) is 1.64. The molecule has 0 saturated heterocycles. The van der Waals surface area contributed by atoms with Gasteiger partial charge in [-0.1, -0.05) is 0 Å². The number of aromatic amines is 1. The molecular formula is C19H24F4N4. The number of guanidine groups is 1. The third-order valence-corrected chi connectivity index (χ3v) is 5.17. The molecule has 0 amide bonds. The fraction of sp³-hybridized carbons (Fsp3) is 0.526. The Morgan fingerprint density at radius 2 is 1.96 bits per heavy atom. The second kappa shape index (κ2) is 8.19. The smallest absolute Gasteiger partial charge is 0.361 e. The number of halogens is 4. The van der Waals surface area contributed by atoms with Crippen LogP contribution in [0.2, 0.25) is 0 Å². The van der Waals surface area contributed by atoms with Gasteiger partial charge in [0.1, 0.15) is 5.82 Å². The van der Waals surface area contributed by atoms with E-state index in [1.54, 1.807) is 13.1 Å². The van der Waals surface area contributed by atoms with Crippen LogP contribution in [0.4, 0.5) is 17.6 Å². The highest BCUT2D eigenvalue weighted by atomic mass is 19.4. The zero-order valence-electron chi connectivity index (χ0n) is 15.2. The molecule has 1 saturated carbocycles. The molecule has 0 unspecified atom stereocenters. The van der Waals surface area contributed by atoms with E-state index in [1.165, 1.54) is 12.1 Å². The molecule has 0 atom stereocenters. The topological polar surface area (TPSA) is 52.2 Å². The van der Waals surface area contributed by atoms with Gasteiger partial charge in [0.25, 0.3) is 0 Å². The van der Waals surface area contributed by atoms with Gasteiger partial charge in [-0.3, -0.25) is 4.99 Å². The number of alkyl halides is 3. The van der Waals surface area contributed by atoms with Crippen LogP contribution in [-0.4, -0.2) is 36.8 Å². The van der Waals surface area contributed by atoms with E-state index in [0.29, 0.717) is 31.8 Å². The summed E-state index contributed by atoms with van der Waals surface area (Å²) in [6.45, 7) is 0.584. The number of H-pyrrole nitrogens is 1. The summed E-state index contributed by atoms with van der Waals surface area (Å²) in [5, 5.41) is 7.24. The SMILES string of the molecule is CN=C(NCCc1c[nH]c2ccc(F)cc12)NC1CCC(C(F)(F)F)CC1. The van der Waals surface area contributed by atoms with E-state index < -0.39 is 12.1 Å². The molecule has 1 aromatic carbocycles. The van der Waals surface area contributed by atoms with E-state index in [9.17, 15) is 17.6 Å². The van der Waals surface area contributed by atoms with Gasteiger partial charge in [0.2, 0.25) is 0 Å². The molecule has 3 rings (SSSR count). The van der Waals surface area contributed by atoms with Gasteiger partial charge >= 0.3 is 6.18 Å². The molecule has 0 aliphatic heterocycles. The van der Waals surface area contributed by atoms with Crippen LogP contribution in [0.1, 0.15) is 31.2 Å². The lowest BCUT2D eigenvalue weighted by Crippen LogP contribution is -2.46. The van der Waals surface area contributed by atoms with Crippen molar-refractivity contribution in [3.8, 4) is 0 Å². The van der Waals surface area contributed by atoms with Gasteiger partial charge in [0.15, 0.2) is 5.96 Å². The number of aromatic nitrogens is 1. The number of nitrogens with zero attached hydrogens (tertiary/aromatic N) is 1. The lowest BCUT2D eigenvalue weighted by Gasteiger charge is -2.31. The van der Waals surface area contributed by atoms with Crippen LogP contribution >= 0.6 is 0 Å². The molecular weight excluding hydrogens is 360 g/mol. The molecule has 2 aromatic rings. The summed E-state index contributed by atoms with van der Waals surface area (Å²) in [6.07, 6.45) is -0.299. The lowest BCUT2D eigenvalue weighted by atomic mass is 9.85. The van der Waals surface area contributed by atoms with Gasteiger partial charge in [-0.15, -0.1) is 0 Å². The van der Waals surface area contributed by atoms with Gasteiger partial charge in [-0.05, 0) is 55.9 Å². The Morgan fingerprint density at radius 1 is 1.22 bits per heavy atom. The summed E-state index contributed by atoms with van der Waals surface area (Å²) in [6, 6.07) is 4.63. The van der Waals surface area contributed by atoms with Crippen molar-refractivity contribution in [2.75, 3.05) is 13.6 Å². The van der Waals surface area contributed by atoms with Crippen molar-refractivity contribution >= 4 is 16.9 Å². The predicted octanol–water partition coefficient (Wildman–Crippen LogP) is 4.14. The standard InChI is InChI=1S/C19H24F4N4/c1-24-18(27-15-5-2-13(3-6-15)19(21,22)23)25-9-8-12-11-26-17-7-4-14(20)10-16(12)17/h4,7,10-11,13,15,26H,2-3,5-6,8-9H2,1H3,(H2,24,25,27). The monoisotopic (exact) mass is 384 g/mol. The van der Waals surface area contributed by atoms with Gasteiger partial charge in [-0.25, -0.2) is 4.39 Å². The van der Waals surface area contributed by atoms with Crippen molar-refractivity contribution in [2.24, 2.45) is 10.9 Å². The van der Waals surface area contributed by atoms with Crippen LogP contribution in [0, 0.1) is 11.7 Å². The highest BCUT2D eigenvalue weighted by Crippen LogP contribution is 2.37. The van der Waals surface area contributed by atoms with E-state index in [4.69, 9.17) is 0 Å². The van der Waals surface area contributed by atoms with E-state index in [-0.39, 0.29) is 24.7 Å². The Kier molecular flexibility index (Phi) is 5.92. The average Bonchev–Trinajstić information content (AvgIpc) is 3.02. The van der Waals surface area contributed by atoms with Crippen molar-refractivity contribution in [1.82, 2.24) is 15.6 Å². The van der Waals surface area contributed by atoms with Gasteiger partial charge in [0, 0.05) is 36.7 Å². The normalized spacial score (nSPS) is 21.4. The zero-order valence-corrected chi connectivity index (χ0v) is 15.2. The number of nitrogens with one attached hydrogen (secondary N) is 3. The first-order chi connectivity index (χ1) is 12.9. The van der Waals surface area contributed by atoms with Crippen LogP contribution in [-0.2, 0) is 6.42 Å². The van der Waals surface area contributed by atoms with E-state index in [2.05, 4.69) is 20.6 Å². The first-order valence-corrected chi connectivity index (χ1v) is 9.16. The minimum absolute atomic E-state index is 0.00279. The fourth-order valence-corrected chi connectivity index (χ4v) is 3.63. The summed E-state index contributed by atoms with van der Waals surface area (Å²) >= 11 is 0. The molecule has 0 radical (unpaired) electrons. The third kappa shape index (κ3) is 4.93. The van der Waals surface area contributed by atoms with Crippen molar-refractivity contribution in [3.63, 3.8) is 0 Å². The molecule has 1 aliphatic rings. The molecule has 148 valence electrons. The number of fused-ring (bicyclic) bond motifs is 1. The van der Waals surface area contributed by atoms with Crippen LogP contribution in [0.3, 0.4) is 0 Å². The van der Waals surface area contributed by atoms with Gasteiger partial charge < -0.3 is 15.6 Å². The number of aliphatic imine (C=N–C) groups is 1. The van der Waals surface area contributed by atoms with Crippen molar-refractivity contribution in [1.29, 1.82) is 0 Å². The molecule has 1 fully saturated rings.